The van der Waals surface area contributed by atoms with E-state index in [0.717, 1.165) is 5.56 Å². The molecule has 2 aromatic rings. The molecule has 2 rings (SSSR count). The Balaban J connectivity index is 2.23. The van der Waals surface area contributed by atoms with E-state index in [-0.39, 0.29) is 18.6 Å². The third-order valence-corrected chi connectivity index (χ3v) is 10.9. The fraction of sp³-hybridized carbons (Fsp3) is 0.545. The molecule has 0 aromatic heterocycles. The lowest BCUT2D eigenvalue weighted by molar-refractivity contribution is -0.176. The van der Waals surface area contributed by atoms with Gasteiger partial charge in [0.1, 0.15) is 12.6 Å². The number of carbonyl (C=O) groups excluding carboxylic acids is 8. The van der Waals surface area contributed by atoms with Crippen molar-refractivity contribution >= 4 is 60.9 Å². The summed E-state index contributed by atoms with van der Waals surface area (Å²) in [7, 11) is -2.97. The summed E-state index contributed by atoms with van der Waals surface area (Å²) in [6, 6.07) is 13.1. The molecule has 2 amide bonds. The van der Waals surface area contributed by atoms with Crippen LogP contribution in [0, 0.1) is 22.2 Å². The van der Waals surface area contributed by atoms with Gasteiger partial charge in [-0.15, -0.1) is 0 Å². The summed E-state index contributed by atoms with van der Waals surface area (Å²) in [5, 5.41) is 2.46. The van der Waals surface area contributed by atoms with E-state index in [1.54, 1.807) is 86.6 Å². The van der Waals surface area contributed by atoms with Crippen molar-refractivity contribution in [3.05, 3.63) is 65.7 Å². The fourth-order valence-electron chi connectivity index (χ4n) is 4.96. The SMILES string of the molecule is CN(C(=O)OCc1ccccc1)c1ccc(C(=O)N[C@@H](CCP(=O)(O)CC(CCC(=O)OCOC(=O)C(C)(C)C)C(=O)OCOC(=O)C(C)(C)C)C(=O)OCOC(=O)C(C)(C)C)cc1. The van der Waals surface area contributed by atoms with Gasteiger partial charge in [-0.05, 0) is 105 Å². The van der Waals surface area contributed by atoms with Crippen molar-refractivity contribution in [1.29, 1.82) is 0 Å². The summed E-state index contributed by atoms with van der Waals surface area (Å²) >= 11 is 0. The number of nitrogens with zero attached hydrogens (tertiary/aromatic N) is 1. The van der Waals surface area contributed by atoms with E-state index in [0.29, 0.717) is 5.69 Å². The Hall–Kier alpha value is -5.81. The average molecular weight is 921 g/mol. The van der Waals surface area contributed by atoms with Crippen LogP contribution in [0.4, 0.5) is 10.5 Å². The van der Waals surface area contributed by atoms with Crippen molar-refractivity contribution in [2.45, 2.75) is 94.2 Å². The first kappa shape index (κ1) is 54.3. The maximum atomic E-state index is 13.7. The van der Waals surface area contributed by atoms with Gasteiger partial charge in [-0.25, -0.2) is 9.59 Å². The highest BCUT2D eigenvalue weighted by Crippen LogP contribution is 2.44. The topological polar surface area (TPSA) is 254 Å². The molecule has 354 valence electrons. The van der Waals surface area contributed by atoms with E-state index >= 15 is 0 Å². The number of nitrogens with one attached hydrogen (secondary N) is 1. The molecule has 19 nitrogen and oxygen atoms in total. The van der Waals surface area contributed by atoms with E-state index in [1.807, 2.05) is 6.07 Å². The number of hydrogen-bond donors (Lipinski definition) is 2. The van der Waals surface area contributed by atoms with E-state index in [2.05, 4.69) is 5.32 Å². The quantitative estimate of drug-likeness (QED) is 0.0641. The molecule has 0 radical (unpaired) electrons. The second-order valence-electron chi connectivity index (χ2n) is 17.8. The van der Waals surface area contributed by atoms with Crippen molar-refractivity contribution in [1.82, 2.24) is 5.32 Å². The standard InChI is InChI=1S/C44H61N2O17P/c1-42(2,3)38(51)61-26-58-34(47)21-18-31(36(49)59-27-62-39(52)43(4,5)6)25-64(55,56)23-22-33(37(50)60-28-63-40(53)44(7,8)9)45-35(48)30-16-19-32(20-17-30)46(10)41(54)57-24-29-14-12-11-13-15-29/h11-17,19-20,31,33H,18,21-28H2,1-10H3,(H,45,48)(H,55,56)/t31?,33-/m0/s1. The molecule has 2 unspecified atom stereocenters. The van der Waals surface area contributed by atoms with Gasteiger partial charge in [0.2, 0.25) is 27.7 Å². The van der Waals surface area contributed by atoms with Gasteiger partial charge in [0, 0.05) is 37.0 Å². The van der Waals surface area contributed by atoms with E-state index in [9.17, 15) is 47.8 Å². The fourth-order valence-corrected chi connectivity index (χ4v) is 6.83. The van der Waals surface area contributed by atoms with Crippen LogP contribution in [-0.2, 0) is 73.1 Å². The van der Waals surface area contributed by atoms with E-state index < -0.39 is 129 Å². The van der Waals surface area contributed by atoms with Gasteiger partial charge in [-0.1, -0.05) is 30.3 Å². The van der Waals surface area contributed by atoms with Crippen molar-refractivity contribution in [3.63, 3.8) is 0 Å². The van der Waals surface area contributed by atoms with Crippen LogP contribution in [0.5, 0.6) is 0 Å². The van der Waals surface area contributed by atoms with Crippen LogP contribution in [0.15, 0.2) is 54.6 Å². The average Bonchev–Trinajstić information content (AvgIpc) is 3.21. The van der Waals surface area contributed by atoms with Crippen LogP contribution in [0.1, 0.15) is 97.5 Å². The van der Waals surface area contributed by atoms with E-state index in [4.69, 9.17) is 33.2 Å². The molecular weight excluding hydrogens is 859 g/mol. The van der Waals surface area contributed by atoms with Crippen molar-refractivity contribution in [2.24, 2.45) is 22.2 Å². The first-order chi connectivity index (χ1) is 29.6. The third-order valence-electron chi connectivity index (χ3n) is 8.92. The highest BCUT2D eigenvalue weighted by atomic mass is 31.2. The molecule has 0 aliphatic heterocycles. The molecule has 0 aliphatic rings. The Kier molecular flexibility index (Phi) is 20.6. The zero-order chi connectivity index (χ0) is 48.5. The summed E-state index contributed by atoms with van der Waals surface area (Å²) in [4.78, 5) is 114. The summed E-state index contributed by atoms with van der Waals surface area (Å²) in [5.74, 6) is -7.43. The Bertz CT molecular complexity index is 1980. The molecule has 3 atom stereocenters. The van der Waals surface area contributed by atoms with Gasteiger partial charge in [0.15, 0.2) is 0 Å². The Morgan fingerprint density at radius 3 is 1.62 bits per heavy atom. The molecule has 20 heteroatoms. The molecule has 0 saturated heterocycles. The van der Waals surface area contributed by atoms with Crippen molar-refractivity contribution in [3.8, 4) is 0 Å². The number of hydrogen-bond acceptors (Lipinski definition) is 16. The normalized spacial score (nSPS) is 13.4. The molecule has 0 bridgehead atoms. The number of carbonyl (C=O) groups is 8. The van der Waals surface area contributed by atoms with Crippen LogP contribution in [0.25, 0.3) is 0 Å². The first-order valence-corrected chi connectivity index (χ1v) is 22.3. The predicted octanol–water partition coefficient (Wildman–Crippen LogP) is 5.88. The number of esters is 6. The Morgan fingerprint density at radius 2 is 1.12 bits per heavy atom. The van der Waals surface area contributed by atoms with Gasteiger partial charge >= 0.3 is 41.9 Å². The minimum atomic E-state index is -4.44. The van der Waals surface area contributed by atoms with Gasteiger partial charge in [-0.2, -0.15) is 0 Å². The monoisotopic (exact) mass is 920 g/mol. The smallest absolute Gasteiger partial charge is 0.414 e. The number of benzene rings is 2. The lowest BCUT2D eigenvalue weighted by Crippen LogP contribution is -2.43. The second kappa shape index (κ2) is 24.3. The molecule has 0 saturated carbocycles. The molecule has 0 heterocycles. The van der Waals surface area contributed by atoms with Crippen LogP contribution in [-0.4, -0.2) is 98.5 Å². The van der Waals surface area contributed by atoms with Crippen LogP contribution in [0.2, 0.25) is 0 Å². The minimum Gasteiger partial charge on any atom is -0.444 e. The van der Waals surface area contributed by atoms with Gasteiger partial charge in [-0.3, -0.25) is 38.2 Å². The maximum Gasteiger partial charge on any atom is 0.414 e. The first-order valence-electron chi connectivity index (χ1n) is 20.3. The number of rotatable bonds is 21. The predicted molar refractivity (Wildman–Crippen MR) is 229 cm³/mol. The Morgan fingerprint density at radius 1 is 0.641 bits per heavy atom. The van der Waals surface area contributed by atoms with Crippen LogP contribution in [0.3, 0.4) is 0 Å². The third kappa shape index (κ3) is 19.7. The van der Waals surface area contributed by atoms with Gasteiger partial charge in [0.25, 0.3) is 5.91 Å². The number of ether oxygens (including phenoxy) is 7. The largest absolute Gasteiger partial charge is 0.444 e. The summed E-state index contributed by atoms with van der Waals surface area (Å²) in [6.07, 6.45) is -3.53. The summed E-state index contributed by atoms with van der Waals surface area (Å²) in [5.41, 5.74) is -1.58. The van der Waals surface area contributed by atoms with Crippen LogP contribution < -0.4 is 10.2 Å². The number of amides is 2. The molecule has 2 aromatic carbocycles. The highest BCUT2D eigenvalue weighted by molar-refractivity contribution is 7.58. The summed E-state index contributed by atoms with van der Waals surface area (Å²) in [6.45, 7) is 11.9. The van der Waals surface area contributed by atoms with Crippen molar-refractivity contribution in [2.75, 3.05) is 44.7 Å². The molecular formula is C44H61N2O17P. The summed E-state index contributed by atoms with van der Waals surface area (Å²) < 4.78 is 49.1. The molecule has 64 heavy (non-hydrogen) atoms. The highest BCUT2D eigenvalue weighted by Gasteiger charge is 2.34. The lowest BCUT2D eigenvalue weighted by Gasteiger charge is -2.23. The lowest BCUT2D eigenvalue weighted by atomic mass is 9.97. The van der Waals surface area contributed by atoms with Gasteiger partial charge in [0.05, 0.1) is 22.2 Å². The molecule has 0 aliphatic carbocycles. The molecule has 0 spiro atoms. The number of anilines is 1. The van der Waals surface area contributed by atoms with Crippen LogP contribution >= 0.6 is 7.37 Å². The Labute approximate surface area is 373 Å². The minimum absolute atomic E-state index is 0.0222. The maximum absolute atomic E-state index is 13.7. The van der Waals surface area contributed by atoms with Gasteiger partial charge < -0.3 is 43.4 Å². The molecule has 2 N–H and O–H groups in total. The zero-order valence-electron chi connectivity index (χ0n) is 38.1. The second-order valence-corrected chi connectivity index (χ2v) is 20.3. The van der Waals surface area contributed by atoms with Crippen molar-refractivity contribution < 1.29 is 81.0 Å². The zero-order valence-corrected chi connectivity index (χ0v) is 39.0. The van der Waals surface area contributed by atoms with E-state index in [1.165, 1.54) is 36.2 Å². The molecule has 0 fully saturated rings.